The molecule has 0 saturated carbocycles. The Morgan fingerprint density at radius 1 is 1.06 bits per heavy atom. The molecule has 0 aliphatic rings. The van der Waals surface area contributed by atoms with Crippen LogP contribution in [0.3, 0.4) is 0 Å². The SMILES string of the molecule is COc1ccc(N[C@@H](C)C(=O)N/N=C\c2ccccc2OCc2ccc(Br)cc2)cc1. The van der Waals surface area contributed by atoms with Crippen LogP contribution >= 0.6 is 15.9 Å². The first kappa shape index (κ1) is 22.4. The van der Waals surface area contributed by atoms with Crippen LogP contribution in [0.15, 0.2) is 82.4 Å². The molecule has 1 amide bonds. The summed E-state index contributed by atoms with van der Waals surface area (Å²) < 4.78 is 12.1. The zero-order valence-electron chi connectivity index (χ0n) is 17.3. The predicted octanol–water partition coefficient (Wildman–Crippen LogP) is 4.99. The van der Waals surface area contributed by atoms with Crippen LogP contribution in [0.25, 0.3) is 0 Å². The summed E-state index contributed by atoms with van der Waals surface area (Å²) in [5, 5.41) is 7.21. The van der Waals surface area contributed by atoms with Crippen LogP contribution in [0.2, 0.25) is 0 Å². The van der Waals surface area contributed by atoms with Gasteiger partial charge in [0.2, 0.25) is 0 Å². The van der Waals surface area contributed by atoms with Crippen molar-refractivity contribution in [2.75, 3.05) is 12.4 Å². The van der Waals surface area contributed by atoms with Crippen LogP contribution in [0.5, 0.6) is 11.5 Å². The number of nitrogens with one attached hydrogen (secondary N) is 2. The molecule has 3 rings (SSSR count). The zero-order valence-corrected chi connectivity index (χ0v) is 18.9. The Kier molecular flexibility index (Phi) is 8.06. The molecule has 2 N–H and O–H groups in total. The molecule has 0 heterocycles. The highest BCUT2D eigenvalue weighted by molar-refractivity contribution is 9.10. The quantitative estimate of drug-likeness (QED) is 0.333. The maximum Gasteiger partial charge on any atom is 0.262 e. The van der Waals surface area contributed by atoms with Crippen LogP contribution in [0.1, 0.15) is 18.1 Å². The van der Waals surface area contributed by atoms with Gasteiger partial charge in [-0.05, 0) is 61.0 Å². The van der Waals surface area contributed by atoms with Crippen molar-refractivity contribution >= 4 is 33.7 Å². The molecule has 31 heavy (non-hydrogen) atoms. The van der Waals surface area contributed by atoms with Gasteiger partial charge in [-0.15, -0.1) is 0 Å². The number of amides is 1. The van der Waals surface area contributed by atoms with E-state index >= 15 is 0 Å². The molecule has 1 atom stereocenters. The number of nitrogens with zero attached hydrogens (tertiary/aromatic N) is 1. The second kappa shape index (κ2) is 11.2. The van der Waals surface area contributed by atoms with E-state index in [1.165, 1.54) is 0 Å². The molecule has 0 fully saturated rings. The van der Waals surface area contributed by atoms with Crippen molar-refractivity contribution < 1.29 is 14.3 Å². The number of carbonyl (C=O) groups excluding carboxylic acids is 1. The number of carbonyl (C=O) groups is 1. The molecule has 7 heteroatoms. The summed E-state index contributed by atoms with van der Waals surface area (Å²) in [5.41, 5.74) is 5.21. The summed E-state index contributed by atoms with van der Waals surface area (Å²) in [4.78, 5) is 12.3. The van der Waals surface area contributed by atoms with E-state index in [0.717, 1.165) is 27.0 Å². The van der Waals surface area contributed by atoms with Gasteiger partial charge in [-0.25, -0.2) is 5.43 Å². The number of anilines is 1. The molecule has 0 saturated heterocycles. The van der Waals surface area contributed by atoms with Gasteiger partial charge in [-0.2, -0.15) is 5.10 Å². The molecule has 3 aromatic carbocycles. The van der Waals surface area contributed by atoms with Crippen LogP contribution in [0.4, 0.5) is 5.69 Å². The van der Waals surface area contributed by atoms with Gasteiger partial charge < -0.3 is 14.8 Å². The molecule has 0 bridgehead atoms. The van der Waals surface area contributed by atoms with Crippen molar-refractivity contribution in [1.29, 1.82) is 0 Å². The number of benzene rings is 3. The summed E-state index contributed by atoms with van der Waals surface area (Å²) >= 11 is 3.43. The zero-order chi connectivity index (χ0) is 22.1. The normalized spacial score (nSPS) is 11.7. The van der Waals surface area contributed by atoms with Gasteiger partial charge in [0.1, 0.15) is 24.1 Å². The highest BCUT2D eigenvalue weighted by atomic mass is 79.9. The number of hydrazone groups is 1. The molecular formula is C24H24BrN3O3. The summed E-state index contributed by atoms with van der Waals surface area (Å²) in [6.45, 7) is 2.21. The molecule has 0 spiro atoms. The molecule has 0 radical (unpaired) electrons. The van der Waals surface area contributed by atoms with E-state index in [9.17, 15) is 4.79 Å². The van der Waals surface area contributed by atoms with E-state index in [2.05, 4.69) is 31.8 Å². The standard InChI is InChI=1S/C24H24BrN3O3/c1-17(27-21-11-13-22(30-2)14-12-21)24(29)28-26-15-19-5-3-4-6-23(19)31-16-18-7-9-20(25)10-8-18/h3-15,17,27H,16H2,1-2H3,(H,28,29)/b26-15-/t17-/m0/s1. The minimum Gasteiger partial charge on any atom is -0.497 e. The number of ether oxygens (including phenoxy) is 2. The first-order valence-electron chi connectivity index (χ1n) is 9.75. The minimum absolute atomic E-state index is 0.250. The van der Waals surface area contributed by atoms with Gasteiger partial charge in [-0.3, -0.25) is 4.79 Å². The van der Waals surface area contributed by atoms with E-state index in [4.69, 9.17) is 9.47 Å². The largest absolute Gasteiger partial charge is 0.497 e. The Morgan fingerprint density at radius 2 is 1.77 bits per heavy atom. The van der Waals surface area contributed by atoms with Crippen molar-refractivity contribution in [3.05, 3.63) is 88.4 Å². The van der Waals surface area contributed by atoms with Crippen LogP contribution < -0.4 is 20.2 Å². The lowest BCUT2D eigenvalue weighted by molar-refractivity contribution is -0.121. The average molecular weight is 482 g/mol. The van der Waals surface area contributed by atoms with Crippen LogP contribution in [0, 0.1) is 0 Å². The van der Waals surface area contributed by atoms with Crippen molar-refractivity contribution in [3.63, 3.8) is 0 Å². The summed E-state index contributed by atoms with van der Waals surface area (Å²) in [6.07, 6.45) is 1.58. The molecule has 160 valence electrons. The van der Waals surface area contributed by atoms with E-state index in [1.807, 2.05) is 72.8 Å². The summed E-state index contributed by atoms with van der Waals surface area (Å²) in [7, 11) is 1.61. The number of rotatable bonds is 9. The van der Waals surface area contributed by atoms with Gasteiger partial charge in [0.15, 0.2) is 0 Å². The smallest absolute Gasteiger partial charge is 0.262 e. The number of halogens is 1. The summed E-state index contributed by atoms with van der Waals surface area (Å²) in [6, 6.07) is 22.4. The van der Waals surface area contributed by atoms with Gasteiger partial charge in [0, 0.05) is 15.7 Å². The van der Waals surface area contributed by atoms with Gasteiger partial charge in [0.25, 0.3) is 5.91 Å². The highest BCUT2D eigenvalue weighted by Crippen LogP contribution is 2.19. The monoisotopic (exact) mass is 481 g/mol. The Labute approximate surface area is 190 Å². The van der Waals surface area contributed by atoms with Gasteiger partial charge in [0.05, 0.1) is 13.3 Å². The summed E-state index contributed by atoms with van der Waals surface area (Å²) in [5.74, 6) is 1.20. The second-order valence-electron chi connectivity index (χ2n) is 6.78. The van der Waals surface area contributed by atoms with E-state index in [0.29, 0.717) is 12.4 Å². The fraction of sp³-hybridized carbons (Fsp3) is 0.167. The Bertz CT molecular complexity index is 1020. The van der Waals surface area contributed by atoms with Gasteiger partial charge >= 0.3 is 0 Å². The average Bonchev–Trinajstić information content (AvgIpc) is 2.80. The maximum absolute atomic E-state index is 12.3. The maximum atomic E-state index is 12.3. The lowest BCUT2D eigenvalue weighted by Gasteiger charge is -2.14. The predicted molar refractivity (Wildman–Crippen MR) is 127 cm³/mol. The third-order valence-corrected chi connectivity index (χ3v) is 5.00. The van der Waals surface area contributed by atoms with Crippen LogP contribution in [-0.2, 0) is 11.4 Å². The molecule has 0 unspecified atom stereocenters. The molecule has 0 aliphatic carbocycles. The lowest BCUT2D eigenvalue weighted by Crippen LogP contribution is -2.34. The lowest BCUT2D eigenvalue weighted by atomic mass is 10.2. The first-order chi connectivity index (χ1) is 15.0. The number of para-hydroxylation sites is 1. The van der Waals surface area contributed by atoms with E-state index in [-0.39, 0.29) is 5.91 Å². The number of hydrogen-bond donors (Lipinski definition) is 2. The topological polar surface area (TPSA) is 72.0 Å². The third kappa shape index (κ3) is 6.86. The third-order valence-electron chi connectivity index (χ3n) is 4.47. The Morgan fingerprint density at radius 3 is 2.48 bits per heavy atom. The van der Waals surface area contributed by atoms with Crippen molar-refractivity contribution in [3.8, 4) is 11.5 Å². The minimum atomic E-state index is -0.463. The van der Waals surface area contributed by atoms with E-state index in [1.54, 1.807) is 20.2 Å². The first-order valence-corrected chi connectivity index (χ1v) is 10.5. The number of methoxy groups -OCH3 is 1. The van der Waals surface area contributed by atoms with Gasteiger partial charge in [-0.1, -0.05) is 40.2 Å². The molecule has 6 nitrogen and oxygen atoms in total. The molecule has 0 aliphatic heterocycles. The Hall–Kier alpha value is -3.32. The highest BCUT2D eigenvalue weighted by Gasteiger charge is 2.11. The van der Waals surface area contributed by atoms with Crippen molar-refractivity contribution in [1.82, 2.24) is 5.43 Å². The second-order valence-corrected chi connectivity index (χ2v) is 7.70. The van der Waals surface area contributed by atoms with Crippen LogP contribution in [-0.4, -0.2) is 25.3 Å². The van der Waals surface area contributed by atoms with Crippen molar-refractivity contribution in [2.45, 2.75) is 19.6 Å². The fourth-order valence-corrected chi connectivity index (χ4v) is 2.99. The molecular weight excluding hydrogens is 458 g/mol. The molecule has 0 aromatic heterocycles. The van der Waals surface area contributed by atoms with E-state index < -0.39 is 6.04 Å². The Balaban J connectivity index is 1.54. The van der Waals surface area contributed by atoms with Crippen molar-refractivity contribution in [2.24, 2.45) is 5.10 Å². The molecule has 3 aromatic rings. The number of hydrogen-bond acceptors (Lipinski definition) is 5. The fourth-order valence-electron chi connectivity index (χ4n) is 2.73.